The summed E-state index contributed by atoms with van der Waals surface area (Å²) in [4.78, 5) is 10.6. The van der Waals surface area contributed by atoms with Crippen molar-refractivity contribution in [3.63, 3.8) is 0 Å². The van der Waals surface area contributed by atoms with E-state index in [9.17, 15) is 5.11 Å². The quantitative estimate of drug-likeness (QED) is 0.654. The Bertz CT molecular complexity index is 982. The van der Waals surface area contributed by atoms with Gasteiger partial charge in [-0.15, -0.1) is 0 Å². The zero-order valence-electron chi connectivity index (χ0n) is 17.1. The summed E-state index contributed by atoms with van der Waals surface area (Å²) in [5.74, 6) is 0.420. The van der Waals surface area contributed by atoms with Gasteiger partial charge in [0.25, 0.3) is 0 Å². The van der Waals surface area contributed by atoms with Crippen LogP contribution in [-0.4, -0.2) is 54.9 Å². The number of fused-ring (bicyclic) bond motifs is 1. The van der Waals surface area contributed by atoms with Crippen LogP contribution in [0.2, 0.25) is 0 Å². The number of aliphatic hydroxyl groups is 1. The Balaban J connectivity index is 1.70. The Hall–Kier alpha value is -2.55. The van der Waals surface area contributed by atoms with E-state index in [1.165, 1.54) is 6.33 Å². The largest absolute Gasteiger partial charge is 0.383 e. The van der Waals surface area contributed by atoms with Crippen LogP contribution < -0.4 is 5.73 Å². The number of aliphatic hydroxyl groups excluding tert-OH is 1. The van der Waals surface area contributed by atoms with Gasteiger partial charge in [-0.05, 0) is 33.6 Å². The maximum absolute atomic E-state index is 10.5. The molecule has 3 aromatic rings. The second kappa shape index (κ2) is 7.70. The van der Waals surface area contributed by atoms with Gasteiger partial charge in [-0.3, -0.25) is 4.90 Å². The van der Waals surface area contributed by atoms with E-state index >= 15 is 0 Å². The number of nitrogen functional groups attached to an aromatic ring is 1. The normalized spacial score (nSPS) is 19.5. The standard InChI is InChI=1S/C21H28N6O2/c1-21(2,3)29-20(28)26-11-7-10-15(12-26)27-19-16(18(22)23-13-24-19)17(25-27)14-8-5-4-6-9-14/h4-6,8-9,13,15,20,28H,7,10-12H2,1-3H3,(H2,22,23,24). The molecule has 4 rings (SSSR count). The van der Waals surface area contributed by atoms with Crippen LogP contribution in [-0.2, 0) is 4.74 Å². The number of anilines is 1. The lowest BCUT2D eigenvalue weighted by Gasteiger charge is -2.37. The highest BCUT2D eigenvalue weighted by Gasteiger charge is 2.31. The van der Waals surface area contributed by atoms with Crippen LogP contribution in [0.4, 0.5) is 5.82 Å². The van der Waals surface area contributed by atoms with Gasteiger partial charge >= 0.3 is 0 Å². The molecule has 0 bridgehead atoms. The zero-order chi connectivity index (χ0) is 20.6. The van der Waals surface area contributed by atoms with Gasteiger partial charge in [-0.1, -0.05) is 30.3 Å². The maximum Gasteiger partial charge on any atom is 0.216 e. The van der Waals surface area contributed by atoms with Crippen LogP contribution in [0.5, 0.6) is 0 Å². The number of rotatable bonds is 4. The van der Waals surface area contributed by atoms with E-state index in [1.54, 1.807) is 0 Å². The molecule has 8 heteroatoms. The fraction of sp³-hybridized carbons (Fsp3) is 0.476. The van der Waals surface area contributed by atoms with Crippen LogP contribution in [0.25, 0.3) is 22.3 Å². The van der Waals surface area contributed by atoms with Crippen molar-refractivity contribution >= 4 is 16.9 Å². The Morgan fingerprint density at radius 3 is 2.69 bits per heavy atom. The third-order valence-electron chi connectivity index (χ3n) is 5.11. The third kappa shape index (κ3) is 4.10. The molecule has 2 aromatic heterocycles. The van der Waals surface area contributed by atoms with Crippen LogP contribution in [0.3, 0.4) is 0 Å². The SMILES string of the molecule is CC(C)(C)OC(O)N1CCCC(n2nc(-c3ccccc3)c3c(N)ncnc32)C1. The van der Waals surface area contributed by atoms with Crippen LogP contribution in [0.15, 0.2) is 36.7 Å². The smallest absolute Gasteiger partial charge is 0.216 e. The number of nitrogens with two attached hydrogens (primary N) is 1. The van der Waals surface area contributed by atoms with E-state index in [1.807, 2.05) is 60.7 Å². The zero-order valence-corrected chi connectivity index (χ0v) is 17.1. The number of benzene rings is 1. The summed E-state index contributed by atoms with van der Waals surface area (Å²) in [5.41, 5.74) is 8.25. The summed E-state index contributed by atoms with van der Waals surface area (Å²) >= 11 is 0. The molecule has 1 fully saturated rings. The Morgan fingerprint density at radius 2 is 1.97 bits per heavy atom. The summed E-state index contributed by atoms with van der Waals surface area (Å²) < 4.78 is 7.68. The minimum absolute atomic E-state index is 0.0521. The molecule has 1 saturated heterocycles. The monoisotopic (exact) mass is 396 g/mol. The Kier molecular flexibility index (Phi) is 5.24. The number of aromatic nitrogens is 4. The molecule has 0 spiro atoms. The molecule has 3 N–H and O–H groups in total. The van der Waals surface area contributed by atoms with Crippen molar-refractivity contribution < 1.29 is 9.84 Å². The third-order valence-corrected chi connectivity index (χ3v) is 5.11. The summed E-state index contributed by atoms with van der Waals surface area (Å²) in [6.45, 7) is 7.20. The first kappa shape index (κ1) is 19.8. The average Bonchev–Trinajstić information content (AvgIpc) is 3.09. The minimum Gasteiger partial charge on any atom is -0.383 e. The molecule has 0 aliphatic carbocycles. The molecule has 1 aromatic carbocycles. The second-order valence-electron chi connectivity index (χ2n) is 8.46. The number of hydrogen-bond donors (Lipinski definition) is 2. The highest BCUT2D eigenvalue weighted by molar-refractivity contribution is 5.98. The Morgan fingerprint density at radius 1 is 1.21 bits per heavy atom. The lowest BCUT2D eigenvalue weighted by atomic mass is 10.1. The fourth-order valence-corrected chi connectivity index (χ4v) is 3.82. The molecule has 2 unspecified atom stereocenters. The molecule has 3 heterocycles. The highest BCUT2D eigenvalue weighted by Crippen LogP contribution is 2.34. The highest BCUT2D eigenvalue weighted by atomic mass is 16.6. The summed E-state index contributed by atoms with van der Waals surface area (Å²) in [5, 5.41) is 16.2. The van der Waals surface area contributed by atoms with Crippen molar-refractivity contribution in [1.82, 2.24) is 24.6 Å². The first-order chi connectivity index (χ1) is 13.8. The predicted octanol–water partition coefficient (Wildman–Crippen LogP) is 2.80. The van der Waals surface area contributed by atoms with Gasteiger partial charge < -0.3 is 15.6 Å². The minimum atomic E-state index is -0.951. The maximum atomic E-state index is 10.5. The molecular weight excluding hydrogens is 368 g/mol. The summed E-state index contributed by atoms with van der Waals surface area (Å²) in [7, 11) is 0. The molecule has 8 nitrogen and oxygen atoms in total. The molecular formula is C21H28N6O2. The molecule has 0 radical (unpaired) electrons. The van der Waals surface area contributed by atoms with Gasteiger partial charge in [0.05, 0.1) is 17.0 Å². The average molecular weight is 396 g/mol. The fourth-order valence-electron chi connectivity index (χ4n) is 3.82. The first-order valence-corrected chi connectivity index (χ1v) is 9.97. The van der Waals surface area contributed by atoms with Crippen molar-refractivity contribution in [1.29, 1.82) is 0 Å². The van der Waals surface area contributed by atoms with Crippen LogP contribution >= 0.6 is 0 Å². The molecule has 29 heavy (non-hydrogen) atoms. The molecule has 1 aliphatic rings. The van der Waals surface area contributed by atoms with Gasteiger partial charge in [0, 0.05) is 18.7 Å². The first-order valence-electron chi connectivity index (χ1n) is 9.97. The lowest BCUT2D eigenvalue weighted by molar-refractivity contribution is -0.244. The van der Waals surface area contributed by atoms with Gasteiger partial charge in [0.15, 0.2) is 5.65 Å². The van der Waals surface area contributed by atoms with E-state index in [0.29, 0.717) is 12.4 Å². The van der Waals surface area contributed by atoms with Crippen LogP contribution in [0.1, 0.15) is 39.7 Å². The van der Waals surface area contributed by atoms with Crippen molar-refractivity contribution in [2.75, 3.05) is 18.8 Å². The Labute approximate surface area is 170 Å². The lowest BCUT2D eigenvalue weighted by Crippen LogP contribution is -2.47. The number of piperidine rings is 1. The molecule has 0 amide bonds. The van der Waals surface area contributed by atoms with E-state index in [-0.39, 0.29) is 6.04 Å². The molecule has 2 atom stereocenters. The van der Waals surface area contributed by atoms with E-state index in [4.69, 9.17) is 15.6 Å². The van der Waals surface area contributed by atoms with Crippen molar-refractivity contribution in [2.45, 2.75) is 51.7 Å². The molecule has 154 valence electrons. The van der Waals surface area contributed by atoms with Crippen molar-refractivity contribution in [2.24, 2.45) is 0 Å². The van der Waals surface area contributed by atoms with Crippen LogP contribution in [0, 0.1) is 0 Å². The number of ether oxygens (including phenoxy) is 1. The van der Waals surface area contributed by atoms with Gasteiger partial charge in [0.2, 0.25) is 6.41 Å². The molecule has 1 aliphatic heterocycles. The van der Waals surface area contributed by atoms with E-state index in [0.717, 1.165) is 41.7 Å². The number of likely N-dealkylation sites (tertiary alicyclic amines) is 1. The summed E-state index contributed by atoms with van der Waals surface area (Å²) in [6, 6.07) is 9.99. The van der Waals surface area contributed by atoms with Crippen molar-refractivity contribution in [3.8, 4) is 11.3 Å². The van der Waals surface area contributed by atoms with Gasteiger partial charge in [0.1, 0.15) is 17.8 Å². The number of nitrogens with zero attached hydrogens (tertiary/aromatic N) is 5. The summed E-state index contributed by atoms with van der Waals surface area (Å²) in [6.07, 6.45) is 2.39. The predicted molar refractivity (Wildman–Crippen MR) is 112 cm³/mol. The van der Waals surface area contributed by atoms with Crippen molar-refractivity contribution in [3.05, 3.63) is 36.7 Å². The van der Waals surface area contributed by atoms with E-state index in [2.05, 4.69) is 9.97 Å². The van der Waals surface area contributed by atoms with Gasteiger partial charge in [-0.2, -0.15) is 5.10 Å². The number of hydrogen-bond acceptors (Lipinski definition) is 7. The van der Waals surface area contributed by atoms with E-state index < -0.39 is 12.0 Å². The molecule has 0 saturated carbocycles. The second-order valence-corrected chi connectivity index (χ2v) is 8.46. The van der Waals surface area contributed by atoms with Gasteiger partial charge in [-0.25, -0.2) is 14.6 Å². The topological polar surface area (TPSA) is 102 Å².